The quantitative estimate of drug-likeness (QED) is 0.457. The van der Waals surface area contributed by atoms with Crippen LogP contribution in [0, 0.1) is 0 Å². The summed E-state index contributed by atoms with van der Waals surface area (Å²) in [5.41, 5.74) is 3.02. The molecule has 0 spiro atoms. The predicted molar refractivity (Wildman–Crippen MR) is 109 cm³/mol. The summed E-state index contributed by atoms with van der Waals surface area (Å²) in [6.07, 6.45) is 1.79. The van der Waals surface area contributed by atoms with E-state index in [0.717, 1.165) is 22.7 Å². The number of pyridine rings is 1. The van der Waals surface area contributed by atoms with Gasteiger partial charge in [0, 0.05) is 22.5 Å². The van der Waals surface area contributed by atoms with Crippen molar-refractivity contribution in [3.8, 4) is 22.8 Å². The number of imidazole rings is 1. The van der Waals surface area contributed by atoms with Crippen molar-refractivity contribution >= 4 is 40.4 Å². The molecule has 27 heavy (non-hydrogen) atoms. The van der Waals surface area contributed by atoms with E-state index in [1.54, 1.807) is 30.5 Å². The second-order valence-electron chi connectivity index (χ2n) is 5.91. The van der Waals surface area contributed by atoms with Crippen molar-refractivity contribution < 1.29 is 9.84 Å². The SMILES string of the molecule is COc1cc(-c2nc3ccc(Cl)cn3c2Nc2cccc(Cl)c2)ccc1O. The summed E-state index contributed by atoms with van der Waals surface area (Å²) in [5, 5.41) is 14.5. The summed E-state index contributed by atoms with van der Waals surface area (Å²) in [4.78, 5) is 4.72. The Bertz CT molecular complexity index is 1140. The average molecular weight is 400 g/mol. The first-order valence-corrected chi connectivity index (χ1v) is 8.88. The molecule has 4 rings (SSSR count). The van der Waals surface area contributed by atoms with E-state index in [1.165, 1.54) is 7.11 Å². The number of aromatic nitrogens is 2. The van der Waals surface area contributed by atoms with Crippen LogP contribution >= 0.6 is 23.2 Å². The molecule has 0 bridgehead atoms. The molecule has 136 valence electrons. The molecule has 0 aliphatic rings. The fourth-order valence-corrected chi connectivity index (χ4v) is 3.22. The molecule has 0 radical (unpaired) electrons. The standard InChI is InChI=1S/C20H15Cl2N3O2/c1-27-17-9-12(5-7-16(17)26)19-20(23-15-4-2-3-13(21)10-15)25-11-14(22)6-8-18(25)24-19/h2-11,23,26H,1H3. The Morgan fingerprint density at radius 2 is 1.89 bits per heavy atom. The molecule has 0 unspecified atom stereocenters. The zero-order chi connectivity index (χ0) is 19.0. The van der Waals surface area contributed by atoms with Gasteiger partial charge in [-0.05, 0) is 48.5 Å². The smallest absolute Gasteiger partial charge is 0.161 e. The zero-order valence-electron chi connectivity index (χ0n) is 14.3. The maximum absolute atomic E-state index is 9.89. The van der Waals surface area contributed by atoms with Crippen LogP contribution in [0.3, 0.4) is 0 Å². The van der Waals surface area contributed by atoms with E-state index in [0.29, 0.717) is 21.5 Å². The van der Waals surface area contributed by atoms with Crippen molar-refractivity contribution in [3.63, 3.8) is 0 Å². The van der Waals surface area contributed by atoms with Crippen molar-refractivity contribution in [2.75, 3.05) is 12.4 Å². The van der Waals surface area contributed by atoms with Crippen LogP contribution in [-0.2, 0) is 0 Å². The highest BCUT2D eigenvalue weighted by Crippen LogP contribution is 2.36. The minimum absolute atomic E-state index is 0.0670. The van der Waals surface area contributed by atoms with E-state index in [-0.39, 0.29) is 5.75 Å². The summed E-state index contributed by atoms with van der Waals surface area (Å²) in [7, 11) is 1.51. The van der Waals surface area contributed by atoms with Gasteiger partial charge in [0.1, 0.15) is 17.2 Å². The maximum atomic E-state index is 9.89. The molecule has 4 aromatic rings. The number of hydrogen-bond donors (Lipinski definition) is 2. The Morgan fingerprint density at radius 1 is 1.04 bits per heavy atom. The summed E-state index contributed by atoms with van der Waals surface area (Å²) in [6, 6.07) is 16.1. The zero-order valence-corrected chi connectivity index (χ0v) is 15.8. The van der Waals surface area contributed by atoms with Gasteiger partial charge in [-0.1, -0.05) is 29.3 Å². The van der Waals surface area contributed by atoms with Crippen molar-refractivity contribution in [3.05, 3.63) is 70.8 Å². The highest BCUT2D eigenvalue weighted by Gasteiger charge is 2.16. The third kappa shape index (κ3) is 3.39. The Balaban J connectivity index is 1.92. The fourth-order valence-electron chi connectivity index (χ4n) is 2.87. The molecular formula is C20H15Cl2N3O2. The van der Waals surface area contributed by atoms with Crippen LogP contribution in [-0.4, -0.2) is 21.6 Å². The van der Waals surface area contributed by atoms with E-state index in [1.807, 2.05) is 34.7 Å². The number of benzene rings is 2. The van der Waals surface area contributed by atoms with E-state index in [2.05, 4.69) is 5.32 Å². The van der Waals surface area contributed by atoms with Crippen LogP contribution < -0.4 is 10.1 Å². The molecule has 0 aliphatic carbocycles. The lowest BCUT2D eigenvalue weighted by Crippen LogP contribution is -1.97. The Morgan fingerprint density at radius 3 is 2.67 bits per heavy atom. The molecule has 7 heteroatoms. The number of rotatable bonds is 4. The number of phenolic OH excluding ortho intramolecular Hbond substituents is 1. The highest BCUT2D eigenvalue weighted by molar-refractivity contribution is 6.31. The summed E-state index contributed by atoms with van der Waals surface area (Å²) >= 11 is 12.3. The van der Waals surface area contributed by atoms with Crippen molar-refractivity contribution in [2.24, 2.45) is 0 Å². The number of fused-ring (bicyclic) bond motifs is 1. The number of aromatic hydroxyl groups is 1. The van der Waals surface area contributed by atoms with Gasteiger partial charge in [0.25, 0.3) is 0 Å². The maximum Gasteiger partial charge on any atom is 0.161 e. The molecule has 0 saturated heterocycles. The van der Waals surface area contributed by atoms with Crippen molar-refractivity contribution in [1.82, 2.24) is 9.38 Å². The second kappa shape index (κ2) is 7.02. The summed E-state index contributed by atoms with van der Waals surface area (Å²) < 4.78 is 7.10. The third-order valence-electron chi connectivity index (χ3n) is 4.12. The van der Waals surface area contributed by atoms with Gasteiger partial charge in [-0.2, -0.15) is 0 Å². The molecule has 5 nitrogen and oxygen atoms in total. The molecule has 0 saturated carbocycles. The largest absolute Gasteiger partial charge is 0.504 e. The summed E-state index contributed by atoms with van der Waals surface area (Å²) in [6.45, 7) is 0. The van der Waals surface area contributed by atoms with Gasteiger partial charge in [-0.15, -0.1) is 0 Å². The lowest BCUT2D eigenvalue weighted by atomic mass is 10.1. The van der Waals surface area contributed by atoms with Gasteiger partial charge < -0.3 is 15.2 Å². The first-order chi connectivity index (χ1) is 13.0. The first-order valence-electron chi connectivity index (χ1n) is 8.13. The number of anilines is 2. The predicted octanol–water partition coefficient (Wildman–Crippen LogP) is 5.77. The van der Waals surface area contributed by atoms with Gasteiger partial charge in [-0.25, -0.2) is 4.98 Å². The van der Waals surface area contributed by atoms with E-state index >= 15 is 0 Å². The average Bonchev–Trinajstić information content (AvgIpc) is 3.00. The van der Waals surface area contributed by atoms with Gasteiger partial charge in [0.15, 0.2) is 11.5 Å². The van der Waals surface area contributed by atoms with Crippen LogP contribution in [0.4, 0.5) is 11.5 Å². The lowest BCUT2D eigenvalue weighted by Gasteiger charge is -2.10. The molecule has 0 amide bonds. The van der Waals surface area contributed by atoms with E-state index in [9.17, 15) is 5.11 Å². The minimum atomic E-state index is 0.0670. The molecular weight excluding hydrogens is 385 g/mol. The Kier molecular flexibility index (Phi) is 4.56. The highest BCUT2D eigenvalue weighted by atomic mass is 35.5. The number of nitrogens with zero attached hydrogens (tertiary/aromatic N) is 2. The van der Waals surface area contributed by atoms with E-state index < -0.39 is 0 Å². The van der Waals surface area contributed by atoms with Crippen LogP contribution in [0.2, 0.25) is 10.0 Å². The topological polar surface area (TPSA) is 58.8 Å². The van der Waals surface area contributed by atoms with E-state index in [4.69, 9.17) is 32.9 Å². The Hall–Kier alpha value is -2.89. The van der Waals surface area contributed by atoms with Crippen LogP contribution in [0.1, 0.15) is 0 Å². The normalized spacial score (nSPS) is 10.9. The van der Waals surface area contributed by atoms with Gasteiger partial charge in [-0.3, -0.25) is 4.40 Å². The number of nitrogens with one attached hydrogen (secondary N) is 1. The van der Waals surface area contributed by atoms with Crippen LogP contribution in [0.25, 0.3) is 16.9 Å². The molecule has 2 aromatic carbocycles. The molecule has 0 aliphatic heterocycles. The lowest BCUT2D eigenvalue weighted by molar-refractivity contribution is 0.373. The van der Waals surface area contributed by atoms with Gasteiger partial charge >= 0.3 is 0 Å². The monoisotopic (exact) mass is 399 g/mol. The fraction of sp³-hybridized carbons (Fsp3) is 0.0500. The number of phenols is 1. The molecule has 2 N–H and O–H groups in total. The number of ether oxygens (including phenoxy) is 1. The molecule has 0 fully saturated rings. The number of hydrogen-bond acceptors (Lipinski definition) is 4. The van der Waals surface area contributed by atoms with Crippen molar-refractivity contribution in [2.45, 2.75) is 0 Å². The Labute approximate surface area is 165 Å². The molecule has 2 heterocycles. The van der Waals surface area contributed by atoms with Gasteiger partial charge in [0.05, 0.1) is 12.1 Å². The van der Waals surface area contributed by atoms with Crippen LogP contribution in [0.5, 0.6) is 11.5 Å². The summed E-state index contributed by atoms with van der Waals surface area (Å²) in [5.74, 6) is 1.16. The van der Waals surface area contributed by atoms with Gasteiger partial charge in [0.2, 0.25) is 0 Å². The minimum Gasteiger partial charge on any atom is -0.504 e. The number of methoxy groups -OCH3 is 1. The second-order valence-corrected chi connectivity index (χ2v) is 6.78. The van der Waals surface area contributed by atoms with Crippen molar-refractivity contribution in [1.29, 1.82) is 0 Å². The van der Waals surface area contributed by atoms with Crippen LogP contribution in [0.15, 0.2) is 60.8 Å². The number of halogens is 2. The first kappa shape index (κ1) is 17.5. The molecule has 0 atom stereocenters. The third-order valence-corrected chi connectivity index (χ3v) is 4.58. The molecule has 2 aromatic heterocycles.